The van der Waals surface area contributed by atoms with Gasteiger partial charge in [0.2, 0.25) is 0 Å². The molecule has 2 N–H and O–H groups in total. The molecular formula is C18H17BrN2O3. The van der Waals surface area contributed by atoms with Gasteiger partial charge < -0.3 is 20.1 Å². The highest BCUT2D eigenvalue weighted by molar-refractivity contribution is 9.10. The molecule has 0 aliphatic carbocycles. The van der Waals surface area contributed by atoms with E-state index < -0.39 is 0 Å². The van der Waals surface area contributed by atoms with E-state index in [9.17, 15) is 4.79 Å². The summed E-state index contributed by atoms with van der Waals surface area (Å²) in [6, 6.07) is 9.35. The standard InChI is InChI=1S/C18H17BrN2O3/c19-14-3-1-2-4-15(14)21-18(22)20-10-13-12-6-8-23-16(12)9-11-5-7-24-17(11)13/h1-4,9H,5-8,10H2,(H2,20,21,22). The van der Waals surface area contributed by atoms with Crippen LogP contribution in [0.3, 0.4) is 0 Å². The van der Waals surface area contributed by atoms with Crippen molar-refractivity contribution in [2.45, 2.75) is 19.4 Å². The quantitative estimate of drug-likeness (QED) is 0.843. The van der Waals surface area contributed by atoms with E-state index in [0.29, 0.717) is 19.8 Å². The van der Waals surface area contributed by atoms with Crippen molar-refractivity contribution in [2.24, 2.45) is 0 Å². The van der Waals surface area contributed by atoms with Gasteiger partial charge in [0.25, 0.3) is 0 Å². The maximum atomic E-state index is 12.2. The highest BCUT2D eigenvalue weighted by Crippen LogP contribution is 2.40. The SMILES string of the molecule is O=C(NCc1c2c(cc3c1OCC3)OCC2)Nc1ccccc1Br. The van der Waals surface area contributed by atoms with Crippen LogP contribution in [0.25, 0.3) is 0 Å². The second kappa shape index (κ2) is 6.36. The number of hydrogen-bond acceptors (Lipinski definition) is 3. The monoisotopic (exact) mass is 388 g/mol. The Hall–Kier alpha value is -2.21. The Balaban J connectivity index is 1.50. The summed E-state index contributed by atoms with van der Waals surface area (Å²) < 4.78 is 12.3. The molecule has 2 aliphatic rings. The van der Waals surface area contributed by atoms with Crippen molar-refractivity contribution >= 4 is 27.6 Å². The molecular weight excluding hydrogens is 372 g/mol. The summed E-state index contributed by atoms with van der Waals surface area (Å²) in [7, 11) is 0. The molecule has 4 rings (SSSR count). The fourth-order valence-corrected chi connectivity index (χ4v) is 3.55. The van der Waals surface area contributed by atoms with Crippen LogP contribution in [0.5, 0.6) is 11.5 Å². The molecule has 2 heterocycles. The van der Waals surface area contributed by atoms with Gasteiger partial charge in [0.15, 0.2) is 0 Å². The van der Waals surface area contributed by atoms with E-state index in [2.05, 4.69) is 32.6 Å². The average Bonchev–Trinajstić information content (AvgIpc) is 3.22. The third-order valence-electron chi connectivity index (χ3n) is 4.31. The van der Waals surface area contributed by atoms with Crippen molar-refractivity contribution in [1.29, 1.82) is 0 Å². The van der Waals surface area contributed by atoms with Crippen LogP contribution in [0.4, 0.5) is 10.5 Å². The van der Waals surface area contributed by atoms with Crippen LogP contribution in [0.1, 0.15) is 16.7 Å². The third kappa shape index (κ3) is 2.82. The lowest BCUT2D eigenvalue weighted by atomic mass is 9.99. The normalized spacial score (nSPS) is 14.4. The fraction of sp³-hybridized carbons (Fsp3) is 0.278. The van der Waals surface area contributed by atoms with E-state index in [0.717, 1.165) is 45.6 Å². The Morgan fingerprint density at radius 1 is 1.17 bits per heavy atom. The highest BCUT2D eigenvalue weighted by Gasteiger charge is 2.26. The highest BCUT2D eigenvalue weighted by atomic mass is 79.9. The number of rotatable bonds is 3. The Morgan fingerprint density at radius 2 is 2.00 bits per heavy atom. The summed E-state index contributed by atoms with van der Waals surface area (Å²) in [4.78, 5) is 12.2. The third-order valence-corrected chi connectivity index (χ3v) is 5.00. The molecule has 0 spiro atoms. The van der Waals surface area contributed by atoms with Crippen molar-refractivity contribution in [3.05, 3.63) is 51.5 Å². The van der Waals surface area contributed by atoms with Gasteiger partial charge in [0.05, 0.1) is 18.9 Å². The minimum Gasteiger partial charge on any atom is -0.493 e. The number of amides is 2. The maximum Gasteiger partial charge on any atom is 0.319 e. The number of benzene rings is 2. The van der Waals surface area contributed by atoms with E-state index in [-0.39, 0.29) is 6.03 Å². The van der Waals surface area contributed by atoms with Crippen LogP contribution in [0.15, 0.2) is 34.8 Å². The maximum absolute atomic E-state index is 12.2. The number of carbonyl (C=O) groups excluding carboxylic acids is 1. The lowest BCUT2D eigenvalue weighted by molar-refractivity contribution is 0.251. The summed E-state index contributed by atoms with van der Waals surface area (Å²) in [5.74, 6) is 1.85. The molecule has 24 heavy (non-hydrogen) atoms. The van der Waals surface area contributed by atoms with Crippen molar-refractivity contribution in [3.63, 3.8) is 0 Å². The van der Waals surface area contributed by atoms with Crippen LogP contribution >= 0.6 is 15.9 Å². The van der Waals surface area contributed by atoms with Gasteiger partial charge >= 0.3 is 6.03 Å². The van der Waals surface area contributed by atoms with Crippen molar-refractivity contribution in [2.75, 3.05) is 18.5 Å². The van der Waals surface area contributed by atoms with Crippen molar-refractivity contribution in [3.8, 4) is 11.5 Å². The second-order valence-electron chi connectivity index (χ2n) is 5.80. The molecule has 2 aromatic rings. The van der Waals surface area contributed by atoms with Gasteiger partial charge in [-0.25, -0.2) is 4.79 Å². The lowest BCUT2D eigenvalue weighted by Gasteiger charge is -2.14. The molecule has 0 atom stereocenters. The van der Waals surface area contributed by atoms with E-state index >= 15 is 0 Å². The smallest absolute Gasteiger partial charge is 0.319 e. The summed E-state index contributed by atoms with van der Waals surface area (Å²) in [6.45, 7) is 1.80. The number of carbonyl (C=O) groups is 1. The Kier molecular flexibility index (Phi) is 4.06. The summed E-state index contributed by atoms with van der Waals surface area (Å²) in [6.07, 6.45) is 1.75. The van der Waals surface area contributed by atoms with Crippen molar-refractivity contribution < 1.29 is 14.3 Å². The number of fused-ring (bicyclic) bond motifs is 2. The number of nitrogens with one attached hydrogen (secondary N) is 2. The minimum absolute atomic E-state index is 0.245. The molecule has 2 aliphatic heterocycles. The largest absolute Gasteiger partial charge is 0.493 e. The summed E-state index contributed by atoms with van der Waals surface area (Å²) in [5.41, 5.74) is 4.09. The van der Waals surface area contributed by atoms with E-state index in [1.807, 2.05) is 24.3 Å². The first-order chi connectivity index (χ1) is 11.7. The van der Waals surface area contributed by atoms with E-state index in [4.69, 9.17) is 9.47 Å². The Bertz CT molecular complexity index is 775. The zero-order valence-corrected chi connectivity index (χ0v) is 14.6. The first-order valence-electron chi connectivity index (χ1n) is 7.95. The molecule has 6 heteroatoms. The molecule has 2 aromatic carbocycles. The van der Waals surface area contributed by atoms with E-state index in [1.54, 1.807) is 0 Å². The molecule has 0 unspecified atom stereocenters. The predicted molar refractivity (Wildman–Crippen MR) is 94.8 cm³/mol. The van der Waals surface area contributed by atoms with Crippen LogP contribution in [-0.4, -0.2) is 19.2 Å². The number of hydrogen-bond donors (Lipinski definition) is 2. The molecule has 0 bridgehead atoms. The number of para-hydroxylation sites is 1. The molecule has 5 nitrogen and oxygen atoms in total. The fourth-order valence-electron chi connectivity index (χ4n) is 3.17. The van der Waals surface area contributed by atoms with Gasteiger partial charge in [0.1, 0.15) is 11.5 Å². The Morgan fingerprint density at radius 3 is 2.88 bits per heavy atom. The predicted octanol–water partition coefficient (Wildman–Crippen LogP) is 3.64. The van der Waals surface area contributed by atoms with Crippen LogP contribution < -0.4 is 20.1 Å². The topological polar surface area (TPSA) is 59.6 Å². The van der Waals surface area contributed by atoms with Crippen LogP contribution in [0, 0.1) is 0 Å². The molecule has 0 radical (unpaired) electrons. The number of urea groups is 1. The van der Waals surface area contributed by atoms with Gasteiger partial charge in [-0.1, -0.05) is 12.1 Å². The zero-order valence-electron chi connectivity index (χ0n) is 13.0. The van der Waals surface area contributed by atoms with Crippen LogP contribution in [-0.2, 0) is 19.4 Å². The molecule has 2 amide bonds. The molecule has 0 saturated carbocycles. The van der Waals surface area contributed by atoms with Gasteiger partial charge in [-0.05, 0) is 34.1 Å². The zero-order chi connectivity index (χ0) is 16.5. The van der Waals surface area contributed by atoms with Crippen molar-refractivity contribution in [1.82, 2.24) is 5.32 Å². The Labute approximate surface area is 148 Å². The van der Waals surface area contributed by atoms with Gasteiger partial charge in [-0.15, -0.1) is 0 Å². The van der Waals surface area contributed by atoms with Gasteiger partial charge in [-0.3, -0.25) is 0 Å². The molecule has 124 valence electrons. The second-order valence-corrected chi connectivity index (χ2v) is 6.66. The van der Waals surface area contributed by atoms with Gasteiger partial charge in [-0.2, -0.15) is 0 Å². The lowest BCUT2D eigenvalue weighted by Crippen LogP contribution is -2.28. The molecule has 0 fully saturated rings. The number of halogens is 1. The minimum atomic E-state index is -0.245. The number of ether oxygens (including phenoxy) is 2. The summed E-state index contributed by atoms with van der Waals surface area (Å²) in [5, 5.41) is 5.77. The van der Waals surface area contributed by atoms with E-state index in [1.165, 1.54) is 5.56 Å². The molecule has 0 saturated heterocycles. The number of anilines is 1. The average molecular weight is 389 g/mol. The molecule has 0 aromatic heterocycles. The first kappa shape index (κ1) is 15.3. The first-order valence-corrected chi connectivity index (χ1v) is 8.74. The van der Waals surface area contributed by atoms with Gasteiger partial charge in [0, 0.05) is 40.5 Å². The summed E-state index contributed by atoms with van der Waals surface area (Å²) >= 11 is 3.42. The van der Waals surface area contributed by atoms with Crippen LogP contribution in [0.2, 0.25) is 0 Å².